The van der Waals surface area contributed by atoms with E-state index in [4.69, 9.17) is 85.3 Å². The van der Waals surface area contributed by atoms with E-state index in [-0.39, 0.29) is 135 Å². The molecular weight excluding hydrogens is 1930 g/mol. The van der Waals surface area contributed by atoms with Gasteiger partial charge >= 0.3 is 59.7 Å². The first-order valence-electron chi connectivity index (χ1n) is 49.8. The monoisotopic (exact) mass is 2080 g/mol. The molecule has 5 rings (SSSR count). The van der Waals surface area contributed by atoms with E-state index in [9.17, 15) is 103 Å². The third-order valence-electron chi connectivity index (χ3n) is 23.3. The zero-order chi connectivity index (χ0) is 107. The first-order chi connectivity index (χ1) is 69.0. The van der Waals surface area contributed by atoms with Crippen molar-refractivity contribution in [3.8, 4) is 5.75 Å². The first kappa shape index (κ1) is 125. The van der Waals surface area contributed by atoms with Gasteiger partial charge in [-0.25, -0.2) is 13.2 Å². The molecule has 3 saturated heterocycles. The molecule has 1 aromatic rings. The molecule has 17 atom stereocenters. The molecular formula is C97H148F5N7O36. The van der Waals surface area contributed by atoms with Crippen LogP contribution in [0.4, 0.5) is 22.0 Å². The number of ether oxygens (including phenoxy) is 19. The minimum atomic E-state index is -2.43. The van der Waals surface area contributed by atoms with Gasteiger partial charge in [0.2, 0.25) is 76.2 Å². The Hall–Kier alpha value is -10.5. The summed E-state index contributed by atoms with van der Waals surface area (Å²) in [4.78, 5) is 213. The molecule has 1 aromatic carbocycles. The van der Waals surface area contributed by atoms with Crippen molar-refractivity contribution in [3.63, 3.8) is 0 Å². The summed E-state index contributed by atoms with van der Waals surface area (Å²) in [6, 6.07) is -3.33. The van der Waals surface area contributed by atoms with E-state index in [0.29, 0.717) is 58.2 Å². The fraction of sp³-hybridized carbons (Fsp3) is 0.763. The van der Waals surface area contributed by atoms with Crippen molar-refractivity contribution in [2.24, 2.45) is 5.92 Å². The molecule has 822 valence electrons. The van der Waals surface area contributed by atoms with Crippen LogP contribution in [0, 0.1) is 35.0 Å². The highest BCUT2D eigenvalue weighted by Crippen LogP contribution is 2.36. The second kappa shape index (κ2) is 68.9. The fourth-order valence-corrected chi connectivity index (χ4v) is 16.8. The van der Waals surface area contributed by atoms with Crippen LogP contribution in [0.5, 0.6) is 5.75 Å². The molecule has 3 aliphatic heterocycles. The largest absolute Gasteiger partial charge is 0.463 e. The van der Waals surface area contributed by atoms with Gasteiger partial charge in [-0.2, -0.15) is 8.78 Å². The number of halogens is 5. The van der Waals surface area contributed by atoms with Crippen LogP contribution in [0.25, 0.3) is 0 Å². The van der Waals surface area contributed by atoms with Gasteiger partial charge in [0.1, 0.15) is 62.4 Å². The molecule has 48 heteroatoms. The average Bonchev–Trinajstić information content (AvgIpc) is 0.749. The maximum atomic E-state index is 14.3. The van der Waals surface area contributed by atoms with E-state index in [0.717, 1.165) is 138 Å². The van der Waals surface area contributed by atoms with Crippen LogP contribution < -0.4 is 42.0 Å². The van der Waals surface area contributed by atoms with E-state index >= 15 is 0 Å². The van der Waals surface area contributed by atoms with Gasteiger partial charge in [0.15, 0.2) is 55.5 Å². The van der Waals surface area contributed by atoms with Gasteiger partial charge in [0.25, 0.3) is 0 Å². The van der Waals surface area contributed by atoms with Gasteiger partial charge in [0, 0.05) is 161 Å². The predicted octanol–water partition coefficient (Wildman–Crippen LogP) is 7.26. The minimum Gasteiger partial charge on any atom is -0.463 e. The zero-order valence-electron chi connectivity index (χ0n) is 85.0. The summed E-state index contributed by atoms with van der Waals surface area (Å²) < 4.78 is 179. The molecule has 7 N–H and O–H groups in total. The van der Waals surface area contributed by atoms with Crippen molar-refractivity contribution in [3.05, 3.63) is 29.1 Å². The summed E-state index contributed by atoms with van der Waals surface area (Å²) >= 11 is 0. The molecule has 43 nitrogen and oxygen atoms in total. The van der Waals surface area contributed by atoms with Crippen molar-refractivity contribution in [2.75, 3.05) is 85.6 Å². The molecule has 3 heterocycles. The number of nitrogens with one attached hydrogen (secondary N) is 7. The second-order valence-electron chi connectivity index (χ2n) is 35.8. The lowest BCUT2D eigenvalue weighted by Gasteiger charge is -2.44. The van der Waals surface area contributed by atoms with Gasteiger partial charge in [-0.3, -0.25) is 81.5 Å². The highest BCUT2D eigenvalue weighted by Gasteiger charge is 2.55. The van der Waals surface area contributed by atoms with Crippen LogP contribution in [0.3, 0.4) is 0 Å². The van der Waals surface area contributed by atoms with E-state index < -0.39 is 241 Å². The number of amides is 7. The molecule has 0 spiro atoms. The number of carbonyl (C=O) groups is 17. The maximum absolute atomic E-state index is 14.3. The van der Waals surface area contributed by atoms with E-state index in [1.54, 1.807) is 0 Å². The molecule has 4 aliphatic rings. The molecule has 0 aromatic heterocycles. The van der Waals surface area contributed by atoms with Gasteiger partial charge in [-0.15, -0.1) is 0 Å². The lowest BCUT2D eigenvalue weighted by atomic mass is 9.82. The third-order valence-corrected chi connectivity index (χ3v) is 23.3. The summed E-state index contributed by atoms with van der Waals surface area (Å²) in [5, 5.41) is 19.7. The quantitative estimate of drug-likeness (QED) is 0.00641. The highest BCUT2D eigenvalue weighted by atomic mass is 19.2. The Kier molecular flexibility index (Phi) is 59.3. The first-order valence-corrected chi connectivity index (χ1v) is 49.8. The number of benzene rings is 1. The Morgan fingerprint density at radius 2 is 0.538 bits per heavy atom. The van der Waals surface area contributed by atoms with E-state index in [1.807, 2.05) is 0 Å². The number of hydrogen-bond donors (Lipinski definition) is 7. The standard InChI is InChI=1S/C97H148F5N7O36/c1-56(110)107-83-91(139-65(10)119)87(136-62(7)116)71(53-133-59(4)113)142-95(83)130-45-34-25-19-13-16-22-30-41-103-74(122)38-48-127-69-51-68(94(126)106-44-33-28-29-37-77(125)145-90-81(101)79(99)78(98)80(100)82(90)102)52-70(128-49-39-75(123)104-42-31-23-17-14-20-26-35-46-131-96-84(108-57(2)111)92(140-66(11)120)88(137-63(8)117)72(143-96)54-134-60(5)114)86(69)129-50-40-76(124)105-43-32-24-18-15-21-27-36-47-132-97-85(109-58(3)112)93(141-67(12)121)89(138-64(9)118)73(144-97)55-135-61(6)115/h68-73,83-89,91-93,95-97H,13-55H2,1-12H3,(H,103,122)(H,104,123)(H,105,124)(H,106,126)(H,107,110)(H,108,111)(H,109,112)/t68?,69-,70-,71-,72-,73-,83-,84-,85-,86?,87+,88+,89+,91-,92-,93-,95-,96-,97-/m1/s1. The number of hydrogen-bond acceptors (Lipinski definition) is 36. The molecule has 1 saturated carbocycles. The maximum Gasteiger partial charge on any atom is 0.311 e. The van der Waals surface area contributed by atoms with Gasteiger partial charge < -0.3 is 127 Å². The fourth-order valence-electron chi connectivity index (χ4n) is 16.8. The van der Waals surface area contributed by atoms with Gasteiger partial charge in [-0.05, 0) is 64.2 Å². The van der Waals surface area contributed by atoms with Crippen LogP contribution in [0.1, 0.15) is 276 Å². The Balaban J connectivity index is 1.19. The van der Waals surface area contributed by atoms with E-state index in [2.05, 4.69) is 42.0 Å². The lowest BCUT2D eigenvalue weighted by molar-refractivity contribution is -0.277. The second-order valence-corrected chi connectivity index (χ2v) is 35.8. The molecule has 145 heavy (non-hydrogen) atoms. The molecule has 0 bridgehead atoms. The van der Waals surface area contributed by atoms with Crippen molar-refractivity contribution in [1.82, 2.24) is 37.2 Å². The van der Waals surface area contributed by atoms with Crippen molar-refractivity contribution in [2.45, 2.75) is 386 Å². The number of unbranched alkanes of at least 4 members (excludes halogenated alkanes) is 20. The number of carbonyl (C=O) groups excluding carboxylic acids is 17. The Morgan fingerprint density at radius 1 is 0.276 bits per heavy atom. The van der Waals surface area contributed by atoms with Gasteiger partial charge in [-0.1, -0.05) is 103 Å². The number of rotatable bonds is 68. The van der Waals surface area contributed by atoms with Crippen LogP contribution in [0.2, 0.25) is 0 Å². The smallest absolute Gasteiger partial charge is 0.311 e. The average molecular weight is 2080 g/mol. The molecule has 4 fully saturated rings. The molecule has 7 amide bonds. The van der Waals surface area contributed by atoms with Crippen LogP contribution in [-0.4, -0.2) is 297 Å². The summed E-state index contributed by atoms with van der Waals surface area (Å²) in [6.07, 6.45) is -2.40. The summed E-state index contributed by atoms with van der Waals surface area (Å²) in [6.45, 7) is 13.9. The van der Waals surface area contributed by atoms with Crippen molar-refractivity contribution >= 4 is 101 Å². The molecule has 1 aliphatic carbocycles. The third kappa shape index (κ3) is 48.8. The number of esters is 10. The van der Waals surface area contributed by atoms with Crippen LogP contribution >= 0.6 is 0 Å². The predicted molar refractivity (Wildman–Crippen MR) is 495 cm³/mol. The summed E-state index contributed by atoms with van der Waals surface area (Å²) in [7, 11) is 0. The Labute approximate surface area is 840 Å². The SMILES string of the molecule is CC(=O)N[C@H]1[C@H](OCCCCCCCCCNC(=O)CCOC2[C@H](OCCC(=O)NCCCCCCCCCO[C@@H]3O[C@H](COC(C)=O)[C@H](OC(C)=O)[C@H](OC(C)=O)[C@H]3NC(C)=O)CC(C(=O)NCCCCCC(=O)Oc3c(F)c(F)c(F)c(F)c3F)C[C@H]2OCCC(=O)NCCCCCCCCCO[C@@H]2O[C@H](COC(C)=O)[C@H](OC(C)=O)[C@H](OC(C)=O)[C@H]2NC(C)=O)O[C@H](COC(C)=O)[C@H](OC(C)=O)[C@@H]1OC(C)=O. The molecule has 0 unspecified atom stereocenters. The van der Waals surface area contributed by atoms with Crippen molar-refractivity contribution in [1.29, 1.82) is 0 Å². The topological polar surface area (TPSA) is 550 Å². The van der Waals surface area contributed by atoms with Gasteiger partial charge in [0.05, 0.1) is 32.0 Å². The lowest BCUT2D eigenvalue weighted by Crippen LogP contribution is -2.66. The van der Waals surface area contributed by atoms with Crippen LogP contribution in [-0.2, 0) is 167 Å². The van der Waals surface area contributed by atoms with E-state index in [1.165, 1.54) is 41.5 Å². The van der Waals surface area contributed by atoms with Crippen molar-refractivity contribution < 1.29 is 193 Å². The van der Waals surface area contributed by atoms with Crippen LogP contribution in [0.15, 0.2) is 0 Å². The Morgan fingerprint density at radius 3 is 0.828 bits per heavy atom. The Bertz CT molecular complexity index is 4130. The highest BCUT2D eigenvalue weighted by molar-refractivity contribution is 5.80. The summed E-state index contributed by atoms with van der Waals surface area (Å²) in [5.41, 5.74) is 0. The minimum absolute atomic E-state index is 0.0162. The zero-order valence-corrected chi connectivity index (χ0v) is 85.0. The molecule has 0 radical (unpaired) electrons. The normalized spacial score (nSPS) is 23.2. The summed E-state index contributed by atoms with van der Waals surface area (Å²) in [5.74, 6) is -25.0.